The van der Waals surface area contributed by atoms with Gasteiger partial charge in [0.25, 0.3) is 17.7 Å². The minimum atomic E-state index is -0.543. The second-order valence-corrected chi connectivity index (χ2v) is 8.83. The second-order valence-electron chi connectivity index (χ2n) is 8.83. The fourth-order valence-corrected chi connectivity index (χ4v) is 3.79. The molecule has 0 spiro atoms. The molecule has 3 rings (SSSR count). The van der Waals surface area contributed by atoms with Gasteiger partial charge in [-0.05, 0) is 36.1 Å². The summed E-state index contributed by atoms with van der Waals surface area (Å²) in [5.41, 5.74) is 1.32. The summed E-state index contributed by atoms with van der Waals surface area (Å²) in [6, 6.07) is 13.3. The molecular formula is C25H29N3O4. The van der Waals surface area contributed by atoms with Crippen molar-refractivity contribution >= 4 is 29.3 Å². The fourth-order valence-electron chi connectivity index (χ4n) is 3.79. The molecule has 32 heavy (non-hydrogen) atoms. The van der Waals surface area contributed by atoms with E-state index < -0.39 is 24.3 Å². The molecule has 0 unspecified atom stereocenters. The van der Waals surface area contributed by atoms with Gasteiger partial charge in [0.2, 0.25) is 5.91 Å². The molecule has 0 fully saturated rings. The Morgan fingerprint density at radius 3 is 1.88 bits per heavy atom. The van der Waals surface area contributed by atoms with Crippen LogP contribution in [0.1, 0.15) is 58.8 Å². The molecule has 1 aliphatic rings. The first-order valence-electron chi connectivity index (χ1n) is 10.8. The number of amides is 4. The quantitative estimate of drug-likeness (QED) is 0.641. The molecule has 2 aromatic carbocycles. The molecule has 0 radical (unpaired) electrons. The Balaban J connectivity index is 1.76. The van der Waals surface area contributed by atoms with E-state index in [0.717, 1.165) is 4.90 Å². The van der Waals surface area contributed by atoms with E-state index in [1.54, 1.807) is 53.4 Å². The van der Waals surface area contributed by atoms with Crippen LogP contribution in [0.5, 0.6) is 0 Å². The Morgan fingerprint density at radius 2 is 1.34 bits per heavy atom. The summed E-state index contributed by atoms with van der Waals surface area (Å²) >= 11 is 0. The maximum absolute atomic E-state index is 13.3. The maximum Gasteiger partial charge on any atom is 0.262 e. The van der Waals surface area contributed by atoms with Gasteiger partial charge in [0, 0.05) is 13.1 Å². The fraction of sp³-hybridized carbons (Fsp3) is 0.360. The number of nitrogens with one attached hydrogen (secondary N) is 1. The van der Waals surface area contributed by atoms with Crippen LogP contribution in [-0.2, 0) is 4.79 Å². The number of hydrogen-bond acceptors (Lipinski definition) is 4. The van der Waals surface area contributed by atoms with Gasteiger partial charge in [0.15, 0.2) is 0 Å². The van der Waals surface area contributed by atoms with Crippen LogP contribution in [-0.4, -0.2) is 53.1 Å². The van der Waals surface area contributed by atoms with Crippen molar-refractivity contribution in [2.24, 2.45) is 11.8 Å². The molecule has 0 atom stereocenters. The standard InChI is InChI=1S/C25H29N3O4/c1-16(2)13-27(14-17(3)4)23(30)20-11-7-8-12-21(20)26-22(29)15-28-24(31)18-9-5-6-10-19(18)25(28)32/h5-12,16-17H,13-15H2,1-4H3,(H,26,29). The molecule has 0 aromatic heterocycles. The molecule has 0 saturated carbocycles. The summed E-state index contributed by atoms with van der Waals surface area (Å²) in [5, 5.41) is 2.72. The lowest BCUT2D eigenvalue weighted by Gasteiger charge is -2.27. The van der Waals surface area contributed by atoms with Crippen molar-refractivity contribution < 1.29 is 19.2 Å². The zero-order chi connectivity index (χ0) is 23.4. The Morgan fingerprint density at radius 1 is 0.844 bits per heavy atom. The third-order valence-electron chi connectivity index (χ3n) is 5.07. The molecule has 7 nitrogen and oxygen atoms in total. The van der Waals surface area contributed by atoms with Crippen molar-refractivity contribution in [3.63, 3.8) is 0 Å². The minimum absolute atomic E-state index is 0.163. The van der Waals surface area contributed by atoms with Crippen LogP contribution in [0.15, 0.2) is 48.5 Å². The first-order chi connectivity index (χ1) is 15.2. The molecule has 0 bridgehead atoms. The van der Waals surface area contributed by atoms with E-state index in [1.165, 1.54) is 0 Å². The Hall–Kier alpha value is -3.48. The first kappa shape index (κ1) is 23.2. The molecule has 168 valence electrons. The van der Waals surface area contributed by atoms with Crippen molar-refractivity contribution in [2.45, 2.75) is 27.7 Å². The molecule has 1 heterocycles. The van der Waals surface area contributed by atoms with Crippen molar-refractivity contribution in [3.8, 4) is 0 Å². The van der Waals surface area contributed by atoms with E-state index >= 15 is 0 Å². The molecule has 1 aliphatic heterocycles. The summed E-state index contributed by atoms with van der Waals surface area (Å²) in [5.74, 6) is -1.10. The number of hydrogen-bond donors (Lipinski definition) is 1. The summed E-state index contributed by atoms with van der Waals surface area (Å²) in [6.07, 6.45) is 0. The van der Waals surface area contributed by atoms with Crippen molar-refractivity contribution in [3.05, 3.63) is 65.2 Å². The Kier molecular flexibility index (Phi) is 7.08. The highest BCUT2D eigenvalue weighted by molar-refractivity contribution is 6.22. The number of carbonyl (C=O) groups excluding carboxylic acids is 4. The van der Waals surface area contributed by atoms with Crippen LogP contribution in [0.4, 0.5) is 5.69 Å². The SMILES string of the molecule is CC(C)CN(CC(C)C)C(=O)c1ccccc1NC(=O)CN1C(=O)c2ccccc2C1=O. The highest BCUT2D eigenvalue weighted by Gasteiger charge is 2.36. The van der Waals surface area contributed by atoms with Crippen LogP contribution in [0.3, 0.4) is 0 Å². The smallest absolute Gasteiger partial charge is 0.262 e. The zero-order valence-corrected chi connectivity index (χ0v) is 18.9. The minimum Gasteiger partial charge on any atom is -0.338 e. The van der Waals surface area contributed by atoms with Crippen LogP contribution < -0.4 is 5.32 Å². The monoisotopic (exact) mass is 435 g/mol. The molecule has 7 heteroatoms. The van der Waals surface area contributed by atoms with Gasteiger partial charge in [-0.25, -0.2) is 0 Å². The van der Waals surface area contributed by atoms with Gasteiger partial charge >= 0.3 is 0 Å². The van der Waals surface area contributed by atoms with Crippen molar-refractivity contribution in [1.82, 2.24) is 9.80 Å². The number of fused-ring (bicyclic) bond motifs is 1. The number of para-hydroxylation sites is 1. The Labute approximate surface area is 188 Å². The zero-order valence-electron chi connectivity index (χ0n) is 18.9. The normalized spacial score (nSPS) is 13.0. The van der Waals surface area contributed by atoms with Gasteiger partial charge in [-0.1, -0.05) is 52.0 Å². The lowest BCUT2D eigenvalue weighted by atomic mass is 10.1. The predicted molar refractivity (Wildman–Crippen MR) is 122 cm³/mol. The van der Waals surface area contributed by atoms with E-state index in [-0.39, 0.29) is 5.91 Å². The number of imide groups is 1. The predicted octanol–water partition coefficient (Wildman–Crippen LogP) is 3.68. The summed E-state index contributed by atoms with van der Waals surface area (Å²) in [7, 11) is 0. The van der Waals surface area contributed by atoms with Gasteiger partial charge in [-0.3, -0.25) is 24.1 Å². The maximum atomic E-state index is 13.3. The largest absolute Gasteiger partial charge is 0.338 e. The molecular weight excluding hydrogens is 406 g/mol. The van der Waals surface area contributed by atoms with Crippen LogP contribution >= 0.6 is 0 Å². The van der Waals surface area contributed by atoms with E-state index in [0.29, 0.717) is 47.3 Å². The molecule has 0 aliphatic carbocycles. The van der Waals surface area contributed by atoms with Gasteiger partial charge in [-0.15, -0.1) is 0 Å². The average Bonchev–Trinajstić information content (AvgIpc) is 2.97. The van der Waals surface area contributed by atoms with Gasteiger partial charge in [0.05, 0.1) is 22.4 Å². The topological polar surface area (TPSA) is 86.8 Å². The van der Waals surface area contributed by atoms with Crippen LogP contribution in [0, 0.1) is 11.8 Å². The number of rotatable bonds is 8. The van der Waals surface area contributed by atoms with E-state index in [2.05, 4.69) is 33.0 Å². The van der Waals surface area contributed by atoms with Gasteiger partial charge < -0.3 is 10.2 Å². The van der Waals surface area contributed by atoms with E-state index in [4.69, 9.17) is 0 Å². The number of benzene rings is 2. The summed E-state index contributed by atoms with van der Waals surface area (Å²) < 4.78 is 0. The number of carbonyl (C=O) groups is 4. The van der Waals surface area contributed by atoms with Gasteiger partial charge in [0.1, 0.15) is 6.54 Å². The summed E-state index contributed by atoms with van der Waals surface area (Å²) in [4.78, 5) is 53.8. The van der Waals surface area contributed by atoms with Crippen molar-refractivity contribution in [2.75, 3.05) is 25.0 Å². The third kappa shape index (κ3) is 5.04. The Bertz CT molecular complexity index is 1000. The van der Waals surface area contributed by atoms with Gasteiger partial charge in [-0.2, -0.15) is 0 Å². The molecule has 1 N–H and O–H groups in total. The first-order valence-corrected chi connectivity index (χ1v) is 10.8. The molecule has 0 saturated heterocycles. The van der Waals surface area contributed by atoms with Crippen LogP contribution in [0.2, 0.25) is 0 Å². The van der Waals surface area contributed by atoms with E-state index in [9.17, 15) is 19.2 Å². The molecule has 4 amide bonds. The number of nitrogens with zero attached hydrogens (tertiary/aromatic N) is 2. The van der Waals surface area contributed by atoms with E-state index in [1.807, 2.05) is 0 Å². The highest BCUT2D eigenvalue weighted by atomic mass is 16.2. The lowest BCUT2D eigenvalue weighted by Crippen LogP contribution is -2.39. The third-order valence-corrected chi connectivity index (χ3v) is 5.07. The number of anilines is 1. The van der Waals surface area contributed by atoms with Crippen LogP contribution in [0.25, 0.3) is 0 Å². The average molecular weight is 436 g/mol. The summed E-state index contributed by atoms with van der Waals surface area (Å²) in [6.45, 7) is 9.00. The second kappa shape index (κ2) is 9.77. The highest BCUT2D eigenvalue weighted by Crippen LogP contribution is 2.23. The lowest BCUT2D eigenvalue weighted by molar-refractivity contribution is -0.116. The van der Waals surface area contributed by atoms with Crippen molar-refractivity contribution in [1.29, 1.82) is 0 Å². The molecule has 2 aromatic rings.